The number of hydrogen-bond acceptors (Lipinski definition) is 5. The first-order valence-electron chi connectivity index (χ1n) is 9.82. The van der Waals surface area contributed by atoms with E-state index < -0.39 is 15.7 Å². The lowest BCUT2D eigenvalue weighted by molar-refractivity contribution is -0.116. The average molecular weight is 420 g/mol. The summed E-state index contributed by atoms with van der Waals surface area (Å²) in [6.07, 6.45) is 1.89. The van der Waals surface area contributed by atoms with Gasteiger partial charge in [0, 0.05) is 38.3 Å². The highest BCUT2D eigenvalue weighted by Crippen LogP contribution is 2.32. The van der Waals surface area contributed by atoms with Crippen molar-refractivity contribution in [2.24, 2.45) is 0 Å². The van der Waals surface area contributed by atoms with Gasteiger partial charge in [0.25, 0.3) is 0 Å². The predicted octanol–water partition coefficient (Wildman–Crippen LogP) is 3.20. The van der Waals surface area contributed by atoms with Gasteiger partial charge in [-0.25, -0.2) is 12.8 Å². The Bertz CT molecular complexity index is 973. The number of halogens is 1. The molecule has 2 N–H and O–H groups in total. The van der Waals surface area contributed by atoms with Crippen LogP contribution in [0.15, 0.2) is 52.3 Å². The number of nitrogens with zero attached hydrogens (tertiary/aromatic N) is 1. The second kappa shape index (κ2) is 9.37. The lowest BCUT2D eigenvalue weighted by atomic mass is 10.2. The molecule has 6 nitrogen and oxygen atoms in total. The molecule has 156 valence electrons. The highest BCUT2D eigenvalue weighted by molar-refractivity contribution is 7.91. The number of carbonyl (C=O) groups excluding carboxylic acids is 1. The fourth-order valence-electron chi connectivity index (χ4n) is 3.28. The fourth-order valence-corrected chi connectivity index (χ4v) is 4.71. The summed E-state index contributed by atoms with van der Waals surface area (Å²) in [5, 5.41) is 6.04. The van der Waals surface area contributed by atoms with Crippen LogP contribution in [0, 0.1) is 5.82 Å². The van der Waals surface area contributed by atoms with Crippen molar-refractivity contribution in [3.63, 3.8) is 0 Å². The smallest absolute Gasteiger partial charge is 0.224 e. The third kappa shape index (κ3) is 5.13. The number of hydrogen-bond donors (Lipinski definition) is 2. The van der Waals surface area contributed by atoms with E-state index in [1.165, 1.54) is 24.3 Å². The molecule has 1 fully saturated rings. The lowest BCUT2D eigenvalue weighted by Crippen LogP contribution is -2.43. The van der Waals surface area contributed by atoms with Gasteiger partial charge in [-0.05, 0) is 42.8 Å². The molecule has 29 heavy (non-hydrogen) atoms. The number of rotatable bonds is 7. The monoisotopic (exact) mass is 419 g/mol. The highest BCUT2D eigenvalue weighted by Gasteiger charge is 2.24. The van der Waals surface area contributed by atoms with Crippen molar-refractivity contribution in [1.29, 1.82) is 0 Å². The largest absolute Gasteiger partial charge is 0.369 e. The molecule has 0 bridgehead atoms. The van der Waals surface area contributed by atoms with Crippen molar-refractivity contribution >= 4 is 27.1 Å². The van der Waals surface area contributed by atoms with Gasteiger partial charge >= 0.3 is 0 Å². The van der Waals surface area contributed by atoms with Crippen molar-refractivity contribution in [3.05, 3.63) is 48.3 Å². The van der Waals surface area contributed by atoms with E-state index in [0.29, 0.717) is 6.42 Å². The van der Waals surface area contributed by atoms with E-state index >= 15 is 0 Å². The maximum Gasteiger partial charge on any atom is 0.224 e. The summed E-state index contributed by atoms with van der Waals surface area (Å²) in [7, 11) is -3.99. The molecule has 0 aromatic heterocycles. The van der Waals surface area contributed by atoms with Crippen LogP contribution in [0.25, 0.3) is 0 Å². The van der Waals surface area contributed by atoms with Gasteiger partial charge in [-0.2, -0.15) is 0 Å². The van der Waals surface area contributed by atoms with Crippen LogP contribution >= 0.6 is 0 Å². The number of piperazine rings is 1. The minimum atomic E-state index is -3.99. The Morgan fingerprint density at radius 1 is 1.17 bits per heavy atom. The normalized spacial score (nSPS) is 14.6. The number of carbonyl (C=O) groups is 1. The van der Waals surface area contributed by atoms with E-state index in [9.17, 15) is 17.6 Å². The van der Waals surface area contributed by atoms with Crippen LogP contribution in [0.4, 0.5) is 15.8 Å². The fraction of sp³-hybridized carbons (Fsp3) is 0.381. The summed E-state index contributed by atoms with van der Waals surface area (Å²) in [5.74, 6) is -0.864. The van der Waals surface area contributed by atoms with Crippen LogP contribution < -0.4 is 15.5 Å². The lowest BCUT2D eigenvalue weighted by Gasteiger charge is -2.30. The third-order valence-corrected chi connectivity index (χ3v) is 6.68. The number of unbranched alkanes of at least 4 members (excludes halogenated alkanes) is 1. The van der Waals surface area contributed by atoms with Crippen LogP contribution in [-0.2, 0) is 14.6 Å². The van der Waals surface area contributed by atoms with Crippen LogP contribution in [-0.4, -0.2) is 40.5 Å². The summed E-state index contributed by atoms with van der Waals surface area (Å²) in [6.45, 7) is 5.24. The predicted molar refractivity (Wildman–Crippen MR) is 112 cm³/mol. The molecule has 1 aliphatic rings. The highest BCUT2D eigenvalue weighted by atomic mass is 32.2. The summed E-state index contributed by atoms with van der Waals surface area (Å²) >= 11 is 0. The maximum absolute atomic E-state index is 13.6. The maximum atomic E-state index is 13.6. The SMILES string of the molecule is CCCCC(=O)Nc1cc(N2CCNCC2)ccc1S(=O)(=O)c1cccc(F)c1. The van der Waals surface area contributed by atoms with Crippen molar-refractivity contribution in [1.82, 2.24) is 5.32 Å². The Balaban J connectivity index is 2.01. The number of sulfone groups is 1. The molecule has 1 amide bonds. The summed E-state index contributed by atoms with van der Waals surface area (Å²) in [5.41, 5.74) is 1.07. The van der Waals surface area contributed by atoms with Gasteiger partial charge in [-0.15, -0.1) is 0 Å². The molecule has 0 aliphatic carbocycles. The molecular formula is C21H26FN3O3S. The van der Waals surface area contributed by atoms with Gasteiger partial charge in [0.05, 0.1) is 15.5 Å². The first kappa shape index (κ1) is 21.3. The number of benzene rings is 2. The first-order valence-corrected chi connectivity index (χ1v) is 11.3. The van der Waals surface area contributed by atoms with Gasteiger partial charge in [0.1, 0.15) is 5.82 Å². The van der Waals surface area contributed by atoms with Gasteiger partial charge in [0.15, 0.2) is 0 Å². The molecule has 8 heteroatoms. The molecule has 1 heterocycles. The summed E-state index contributed by atoms with van der Waals surface area (Å²) in [4.78, 5) is 14.3. The zero-order chi connectivity index (χ0) is 20.9. The topological polar surface area (TPSA) is 78.5 Å². The van der Waals surface area contributed by atoms with Crippen LogP contribution in [0.2, 0.25) is 0 Å². The number of anilines is 2. The Labute approximate surface area is 171 Å². The quantitative estimate of drug-likeness (QED) is 0.721. The van der Waals surface area contributed by atoms with E-state index in [1.807, 2.05) is 6.92 Å². The zero-order valence-corrected chi connectivity index (χ0v) is 17.3. The van der Waals surface area contributed by atoms with Crippen molar-refractivity contribution in [2.75, 3.05) is 36.4 Å². The standard InChI is InChI=1S/C21H26FN3O3S/c1-2-3-7-21(26)24-19-15-17(25-12-10-23-11-13-25)8-9-20(19)29(27,28)18-6-4-5-16(22)14-18/h4-6,8-9,14-15,23H,2-3,7,10-13H2,1H3,(H,24,26). The van der Waals surface area contributed by atoms with E-state index in [4.69, 9.17) is 0 Å². The number of nitrogens with one attached hydrogen (secondary N) is 2. The minimum Gasteiger partial charge on any atom is -0.369 e. The molecule has 1 saturated heterocycles. The second-order valence-corrected chi connectivity index (χ2v) is 8.95. The minimum absolute atomic E-state index is 0.0353. The van der Waals surface area contributed by atoms with E-state index in [2.05, 4.69) is 15.5 Å². The van der Waals surface area contributed by atoms with Crippen molar-refractivity contribution in [2.45, 2.75) is 36.0 Å². The van der Waals surface area contributed by atoms with Gasteiger partial charge in [-0.1, -0.05) is 19.4 Å². The van der Waals surface area contributed by atoms with Crippen molar-refractivity contribution < 1.29 is 17.6 Å². The van der Waals surface area contributed by atoms with Crippen LogP contribution in [0.3, 0.4) is 0 Å². The molecular weight excluding hydrogens is 393 g/mol. The van der Waals surface area contributed by atoms with Gasteiger partial charge < -0.3 is 15.5 Å². The average Bonchev–Trinajstić information content (AvgIpc) is 2.72. The Morgan fingerprint density at radius 3 is 2.62 bits per heavy atom. The van der Waals surface area contributed by atoms with Gasteiger partial charge in [0.2, 0.25) is 15.7 Å². The third-order valence-electron chi connectivity index (χ3n) is 4.87. The Hall–Kier alpha value is -2.45. The van der Waals surface area contributed by atoms with Crippen molar-refractivity contribution in [3.8, 4) is 0 Å². The number of amides is 1. The van der Waals surface area contributed by atoms with E-state index in [1.54, 1.807) is 12.1 Å². The molecule has 0 spiro atoms. The summed E-state index contributed by atoms with van der Waals surface area (Å²) < 4.78 is 39.9. The molecule has 1 aliphatic heterocycles. The van der Waals surface area contributed by atoms with Gasteiger partial charge in [-0.3, -0.25) is 4.79 Å². The molecule has 0 radical (unpaired) electrons. The second-order valence-electron chi connectivity index (χ2n) is 7.03. The molecule has 0 saturated carbocycles. The Morgan fingerprint density at radius 2 is 1.93 bits per heavy atom. The van der Waals surface area contributed by atoms with E-state index in [0.717, 1.165) is 50.8 Å². The summed E-state index contributed by atoms with van der Waals surface area (Å²) in [6, 6.07) is 9.82. The molecule has 2 aromatic rings. The van der Waals surface area contributed by atoms with Crippen LogP contribution in [0.1, 0.15) is 26.2 Å². The first-order chi connectivity index (χ1) is 13.9. The molecule has 2 aromatic carbocycles. The zero-order valence-electron chi connectivity index (χ0n) is 16.4. The van der Waals surface area contributed by atoms with E-state index in [-0.39, 0.29) is 21.4 Å². The molecule has 0 atom stereocenters. The molecule has 0 unspecified atom stereocenters. The molecule has 3 rings (SSSR count). The Kier molecular flexibility index (Phi) is 6.87. The van der Waals surface area contributed by atoms with Crippen LogP contribution in [0.5, 0.6) is 0 Å².